The number of rotatable bonds is 3. The molecule has 3 amide bonds. The van der Waals surface area contributed by atoms with Crippen molar-refractivity contribution in [2.75, 3.05) is 26.2 Å². The van der Waals surface area contributed by atoms with Crippen LogP contribution in [-0.2, 0) is 11.3 Å². The normalized spacial score (nSPS) is 21.3. The minimum atomic E-state index is 0.00528. The minimum absolute atomic E-state index is 0.00528. The number of hydrogen-bond acceptors (Lipinski definition) is 2. The van der Waals surface area contributed by atoms with Gasteiger partial charge in [-0.2, -0.15) is 0 Å². The monoisotopic (exact) mass is 326 g/mol. The second kappa shape index (κ2) is 6.19. The van der Waals surface area contributed by atoms with Gasteiger partial charge in [0.05, 0.1) is 6.04 Å². The van der Waals surface area contributed by atoms with E-state index in [1.807, 2.05) is 44.8 Å². The zero-order chi connectivity index (χ0) is 16.5. The van der Waals surface area contributed by atoms with E-state index in [1.165, 1.54) is 0 Å². The molecule has 2 saturated heterocycles. The Bertz CT molecular complexity index is 769. The van der Waals surface area contributed by atoms with Crippen molar-refractivity contribution in [1.82, 2.24) is 19.7 Å². The Balaban J connectivity index is 1.45. The molecule has 6 heteroatoms. The van der Waals surface area contributed by atoms with Crippen LogP contribution in [-0.4, -0.2) is 58.5 Å². The third-order valence-electron chi connectivity index (χ3n) is 5.07. The second-order valence-electron chi connectivity index (χ2n) is 6.56. The standard InChI is InChI=1S/C18H22N4O2/c23-17(13-20-10-7-14-4-1-2-6-16(14)20)21-9-3-5-15(12-21)22-11-8-19-18(22)24/h1-2,4,6-7,10,15H,3,5,8-9,11-13H2,(H,19,24)/t15-/m0/s1. The maximum atomic E-state index is 12.7. The largest absolute Gasteiger partial charge is 0.339 e. The van der Waals surface area contributed by atoms with Crippen molar-refractivity contribution >= 4 is 22.8 Å². The summed E-state index contributed by atoms with van der Waals surface area (Å²) in [6.45, 7) is 3.23. The number of urea groups is 1. The summed E-state index contributed by atoms with van der Waals surface area (Å²) in [4.78, 5) is 28.4. The lowest BCUT2D eigenvalue weighted by molar-refractivity contribution is -0.133. The molecule has 1 aromatic heterocycles. The summed E-state index contributed by atoms with van der Waals surface area (Å²) in [6, 6.07) is 10.3. The van der Waals surface area contributed by atoms with E-state index in [4.69, 9.17) is 0 Å². The predicted molar refractivity (Wildman–Crippen MR) is 91.6 cm³/mol. The average molecular weight is 326 g/mol. The summed E-state index contributed by atoms with van der Waals surface area (Å²) < 4.78 is 2.00. The third kappa shape index (κ3) is 2.72. The van der Waals surface area contributed by atoms with E-state index in [0.29, 0.717) is 19.6 Å². The second-order valence-corrected chi connectivity index (χ2v) is 6.56. The fraction of sp³-hybridized carbons (Fsp3) is 0.444. The molecule has 0 unspecified atom stereocenters. The number of hydrogen-bond donors (Lipinski definition) is 1. The minimum Gasteiger partial charge on any atom is -0.339 e. The molecule has 2 aromatic rings. The highest BCUT2D eigenvalue weighted by Crippen LogP contribution is 2.19. The van der Waals surface area contributed by atoms with E-state index in [2.05, 4.69) is 11.4 Å². The topological polar surface area (TPSA) is 57.6 Å². The van der Waals surface area contributed by atoms with Crippen molar-refractivity contribution in [2.45, 2.75) is 25.4 Å². The van der Waals surface area contributed by atoms with Crippen LogP contribution >= 0.6 is 0 Å². The molecule has 24 heavy (non-hydrogen) atoms. The van der Waals surface area contributed by atoms with Gasteiger partial charge in [-0.25, -0.2) is 4.79 Å². The van der Waals surface area contributed by atoms with Crippen LogP contribution in [0.25, 0.3) is 10.9 Å². The number of nitrogens with one attached hydrogen (secondary N) is 1. The van der Waals surface area contributed by atoms with Gasteiger partial charge in [0.15, 0.2) is 0 Å². The fourth-order valence-electron chi connectivity index (χ4n) is 3.79. The first-order valence-electron chi connectivity index (χ1n) is 8.58. The van der Waals surface area contributed by atoms with E-state index >= 15 is 0 Å². The number of carbonyl (C=O) groups is 2. The molecule has 0 radical (unpaired) electrons. The lowest BCUT2D eigenvalue weighted by atomic mass is 10.0. The highest BCUT2D eigenvalue weighted by Gasteiger charge is 2.32. The molecule has 6 nitrogen and oxygen atoms in total. The average Bonchev–Trinajstić information content (AvgIpc) is 3.22. The van der Waals surface area contributed by atoms with E-state index in [1.54, 1.807) is 0 Å². The Kier molecular flexibility index (Phi) is 3.88. The molecule has 3 heterocycles. The first kappa shape index (κ1) is 15.1. The molecule has 1 N–H and O–H groups in total. The van der Waals surface area contributed by atoms with E-state index in [0.717, 1.165) is 36.8 Å². The van der Waals surface area contributed by atoms with Gasteiger partial charge in [0, 0.05) is 37.9 Å². The number of benzene rings is 1. The summed E-state index contributed by atoms with van der Waals surface area (Å²) >= 11 is 0. The molecule has 2 fully saturated rings. The summed E-state index contributed by atoms with van der Waals surface area (Å²) in [5, 5.41) is 4.00. The van der Waals surface area contributed by atoms with Crippen LogP contribution in [0.1, 0.15) is 12.8 Å². The molecule has 4 rings (SSSR count). The summed E-state index contributed by atoms with van der Waals surface area (Å²) in [6.07, 6.45) is 3.90. The Morgan fingerprint density at radius 1 is 1.21 bits per heavy atom. The molecular weight excluding hydrogens is 304 g/mol. The molecule has 126 valence electrons. The number of fused-ring (bicyclic) bond motifs is 1. The summed E-state index contributed by atoms with van der Waals surface area (Å²) in [7, 11) is 0. The summed E-state index contributed by atoms with van der Waals surface area (Å²) in [5.74, 6) is 0.126. The Morgan fingerprint density at radius 3 is 2.92 bits per heavy atom. The van der Waals surface area contributed by atoms with Gasteiger partial charge in [0.1, 0.15) is 6.54 Å². The van der Waals surface area contributed by atoms with Crippen molar-refractivity contribution < 1.29 is 9.59 Å². The van der Waals surface area contributed by atoms with Crippen LogP contribution in [0, 0.1) is 0 Å². The zero-order valence-electron chi connectivity index (χ0n) is 13.6. The highest BCUT2D eigenvalue weighted by atomic mass is 16.2. The SMILES string of the molecule is O=C(Cn1ccc2ccccc21)N1CCC[C@H](N2CCNC2=O)C1. The lowest BCUT2D eigenvalue weighted by Gasteiger charge is -2.37. The van der Waals surface area contributed by atoms with Crippen LogP contribution in [0.2, 0.25) is 0 Å². The number of aromatic nitrogens is 1. The Morgan fingerprint density at radius 2 is 2.08 bits per heavy atom. The number of amides is 3. The van der Waals surface area contributed by atoms with Gasteiger partial charge < -0.3 is 19.7 Å². The lowest BCUT2D eigenvalue weighted by Crippen LogP contribution is -2.51. The molecule has 0 aliphatic carbocycles. The van der Waals surface area contributed by atoms with Crippen LogP contribution in [0.15, 0.2) is 36.5 Å². The molecule has 1 aromatic carbocycles. The molecule has 0 bridgehead atoms. The van der Waals surface area contributed by atoms with Crippen molar-refractivity contribution in [3.63, 3.8) is 0 Å². The van der Waals surface area contributed by atoms with Gasteiger partial charge >= 0.3 is 6.03 Å². The predicted octanol–water partition coefficient (Wildman–Crippen LogP) is 1.66. The van der Waals surface area contributed by atoms with Crippen molar-refractivity contribution in [3.8, 4) is 0 Å². The molecule has 2 aliphatic heterocycles. The highest BCUT2D eigenvalue weighted by molar-refractivity contribution is 5.83. The smallest absolute Gasteiger partial charge is 0.317 e. The van der Waals surface area contributed by atoms with Crippen LogP contribution in [0.4, 0.5) is 4.79 Å². The maximum absolute atomic E-state index is 12.7. The van der Waals surface area contributed by atoms with Gasteiger partial charge in [0.25, 0.3) is 0 Å². The Labute approximate surface area is 141 Å². The molecule has 2 aliphatic rings. The number of carbonyl (C=O) groups excluding carboxylic acids is 2. The first-order valence-corrected chi connectivity index (χ1v) is 8.58. The summed E-state index contributed by atoms with van der Waals surface area (Å²) in [5.41, 5.74) is 1.08. The van der Waals surface area contributed by atoms with Crippen LogP contribution in [0.5, 0.6) is 0 Å². The zero-order valence-corrected chi connectivity index (χ0v) is 13.6. The van der Waals surface area contributed by atoms with Gasteiger partial charge in [0.2, 0.25) is 5.91 Å². The van der Waals surface area contributed by atoms with Gasteiger partial charge in [-0.15, -0.1) is 0 Å². The van der Waals surface area contributed by atoms with E-state index in [9.17, 15) is 9.59 Å². The van der Waals surface area contributed by atoms with Gasteiger partial charge in [-0.3, -0.25) is 4.79 Å². The quantitative estimate of drug-likeness (QED) is 0.932. The van der Waals surface area contributed by atoms with Crippen molar-refractivity contribution in [2.24, 2.45) is 0 Å². The van der Waals surface area contributed by atoms with E-state index < -0.39 is 0 Å². The number of para-hydroxylation sites is 1. The third-order valence-corrected chi connectivity index (χ3v) is 5.07. The number of likely N-dealkylation sites (tertiary alicyclic amines) is 1. The van der Waals surface area contributed by atoms with Gasteiger partial charge in [-0.1, -0.05) is 18.2 Å². The Hall–Kier alpha value is -2.50. The molecule has 0 spiro atoms. The fourth-order valence-corrected chi connectivity index (χ4v) is 3.79. The van der Waals surface area contributed by atoms with Crippen molar-refractivity contribution in [3.05, 3.63) is 36.5 Å². The van der Waals surface area contributed by atoms with Crippen LogP contribution < -0.4 is 5.32 Å². The molecular formula is C18H22N4O2. The first-order chi connectivity index (χ1) is 11.7. The maximum Gasteiger partial charge on any atom is 0.317 e. The van der Waals surface area contributed by atoms with Crippen molar-refractivity contribution in [1.29, 1.82) is 0 Å². The molecule has 0 saturated carbocycles. The van der Waals surface area contributed by atoms with Gasteiger partial charge in [-0.05, 0) is 30.4 Å². The number of nitrogens with zero attached hydrogens (tertiary/aromatic N) is 3. The molecule has 1 atom stereocenters. The van der Waals surface area contributed by atoms with E-state index in [-0.39, 0.29) is 18.0 Å². The number of piperidine rings is 1. The van der Waals surface area contributed by atoms with Crippen LogP contribution in [0.3, 0.4) is 0 Å².